The first-order valence-corrected chi connectivity index (χ1v) is 5.82. The third-order valence-electron chi connectivity index (χ3n) is 3.00. The minimum Gasteiger partial charge on any atom is -0.394 e. The maximum atomic E-state index is 9.13. The van der Waals surface area contributed by atoms with Gasteiger partial charge in [-0.15, -0.1) is 0 Å². The van der Waals surface area contributed by atoms with E-state index in [0.29, 0.717) is 6.54 Å². The Bertz CT molecular complexity index is 133. The second-order valence-electron chi connectivity index (χ2n) is 4.35. The van der Waals surface area contributed by atoms with Gasteiger partial charge in [-0.25, -0.2) is 0 Å². The summed E-state index contributed by atoms with van der Waals surface area (Å²) in [5, 5.41) is 21.0. The zero-order chi connectivity index (χ0) is 10.2. The van der Waals surface area contributed by atoms with Gasteiger partial charge in [0.2, 0.25) is 0 Å². The SMILES string of the molecule is OCC(O)CNCC1CCCCCC1. The summed E-state index contributed by atoms with van der Waals surface area (Å²) in [6.45, 7) is 1.38. The second-order valence-corrected chi connectivity index (χ2v) is 4.35. The van der Waals surface area contributed by atoms with Crippen LogP contribution in [0.3, 0.4) is 0 Å². The summed E-state index contributed by atoms with van der Waals surface area (Å²) in [7, 11) is 0. The van der Waals surface area contributed by atoms with Crippen molar-refractivity contribution in [1.29, 1.82) is 0 Å². The van der Waals surface area contributed by atoms with E-state index in [1.165, 1.54) is 38.5 Å². The van der Waals surface area contributed by atoms with E-state index < -0.39 is 6.10 Å². The molecular formula is C11H23NO2. The smallest absolute Gasteiger partial charge is 0.0894 e. The van der Waals surface area contributed by atoms with Gasteiger partial charge in [-0.1, -0.05) is 25.7 Å². The zero-order valence-electron chi connectivity index (χ0n) is 8.91. The average Bonchev–Trinajstić information content (AvgIpc) is 2.46. The molecule has 1 saturated carbocycles. The van der Waals surface area contributed by atoms with Crippen LogP contribution in [0, 0.1) is 5.92 Å². The van der Waals surface area contributed by atoms with Gasteiger partial charge in [0.1, 0.15) is 0 Å². The molecule has 0 aromatic carbocycles. The average molecular weight is 201 g/mol. The van der Waals surface area contributed by atoms with Gasteiger partial charge in [0.25, 0.3) is 0 Å². The van der Waals surface area contributed by atoms with Crippen LogP contribution in [0.5, 0.6) is 0 Å². The fourth-order valence-electron chi connectivity index (χ4n) is 2.09. The van der Waals surface area contributed by atoms with E-state index in [0.717, 1.165) is 12.5 Å². The number of hydrogen-bond donors (Lipinski definition) is 3. The Labute approximate surface area is 86.5 Å². The van der Waals surface area contributed by atoms with Gasteiger partial charge >= 0.3 is 0 Å². The number of nitrogens with one attached hydrogen (secondary N) is 1. The normalized spacial score (nSPS) is 21.9. The van der Waals surface area contributed by atoms with E-state index in [9.17, 15) is 0 Å². The molecule has 14 heavy (non-hydrogen) atoms. The summed E-state index contributed by atoms with van der Waals surface area (Å²) in [6.07, 6.45) is 7.53. The Morgan fingerprint density at radius 1 is 1.14 bits per heavy atom. The van der Waals surface area contributed by atoms with E-state index in [2.05, 4.69) is 5.32 Å². The van der Waals surface area contributed by atoms with Crippen molar-refractivity contribution in [2.24, 2.45) is 5.92 Å². The molecule has 0 aromatic rings. The molecule has 0 saturated heterocycles. The summed E-state index contributed by atoms with van der Waals surface area (Å²) in [5.74, 6) is 0.781. The van der Waals surface area contributed by atoms with E-state index in [1.807, 2.05) is 0 Å². The predicted octanol–water partition coefficient (Wildman–Crippen LogP) is 0.900. The van der Waals surface area contributed by atoms with Gasteiger partial charge in [-0.3, -0.25) is 0 Å². The van der Waals surface area contributed by atoms with Gasteiger partial charge in [0.15, 0.2) is 0 Å². The van der Waals surface area contributed by atoms with Crippen molar-refractivity contribution >= 4 is 0 Å². The lowest BCUT2D eigenvalue weighted by Gasteiger charge is -2.16. The molecule has 0 radical (unpaired) electrons. The van der Waals surface area contributed by atoms with Crippen LogP contribution in [0.25, 0.3) is 0 Å². The highest BCUT2D eigenvalue weighted by molar-refractivity contribution is 4.68. The summed E-state index contributed by atoms with van der Waals surface area (Å²) in [5.41, 5.74) is 0. The van der Waals surface area contributed by atoms with Crippen LogP contribution >= 0.6 is 0 Å². The molecule has 1 aliphatic carbocycles. The Hall–Kier alpha value is -0.120. The third kappa shape index (κ3) is 4.94. The first-order chi connectivity index (χ1) is 6.83. The number of hydrogen-bond acceptors (Lipinski definition) is 3. The fraction of sp³-hybridized carbons (Fsp3) is 1.00. The highest BCUT2D eigenvalue weighted by Crippen LogP contribution is 2.21. The lowest BCUT2D eigenvalue weighted by atomic mass is 10.0. The largest absolute Gasteiger partial charge is 0.394 e. The molecule has 1 atom stereocenters. The first-order valence-electron chi connectivity index (χ1n) is 5.82. The molecule has 0 aliphatic heterocycles. The minimum atomic E-state index is -0.597. The van der Waals surface area contributed by atoms with Crippen molar-refractivity contribution in [3.63, 3.8) is 0 Å². The van der Waals surface area contributed by atoms with E-state index in [-0.39, 0.29) is 6.61 Å². The molecule has 3 heteroatoms. The van der Waals surface area contributed by atoms with Gasteiger partial charge in [0, 0.05) is 6.54 Å². The van der Waals surface area contributed by atoms with E-state index >= 15 is 0 Å². The van der Waals surface area contributed by atoms with Crippen LogP contribution in [0.2, 0.25) is 0 Å². The van der Waals surface area contributed by atoms with Crippen molar-refractivity contribution < 1.29 is 10.2 Å². The predicted molar refractivity (Wildman–Crippen MR) is 57.2 cm³/mol. The highest BCUT2D eigenvalue weighted by atomic mass is 16.3. The van der Waals surface area contributed by atoms with Crippen molar-refractivity contribution in [3.05, 3.63) is 0 Å². The Balaban J connectivity index is 2.04. The maximum Gasteiger partial charge on any atom is 0.0894 e. The molecule has 1 rings (SSSR count). The molecule has 1 aliphatic rings. The van der Waals surface area contributed by atoms with Crippen molar-refractivity contribution in [1.82, 2.24) is 5.32 Å². The van der Waals surface area contributed by atoms with Crippen molar-refractivity contribution in [3.8, 4) is 0 Å². The van der Waals surface area contributed by atoms with E-state index in [1.54, 1.807) is 0 Å². The molecule has 1 fully saturated rings. The number of aliphatic hydroxyl groups excluding tert-OH is 2. The van der Waals surface area contributed by atoms with Gasteiger partial charge in [-0.2, -0.15) is 0 Å². The van der Waals surface area contributed by atoms with Crippen LogP contribution in [0.15, 0.2) is 0 Å². The maximum absolute atomic E-state index is 9.13. The Kier molecular flexibility index (Phi) is 6.15. The van der Waals surface area contributed by atoms with Crippen LogP contribution in [-0.4, -0.2) is 36.0 Å². The molecule has 1 unspecified atom stereocenters. The first kappa shape index (κ1) is 12.0. The lowest BCUT2D eigenvalue weighted by molar-refractivity contribution is 0.0934. The molecule has 3 N–H and O–H groups in total. The number of rotatable bonds is 5. The van der Waals surface area contributed by atoms with Gasteiger partial charge in [-0.05, 0) is 25.3 Å². The molecule has 0 amide bonds. The van der Waals surface area contributed by atoms with Crippen LogP contribution in [0.1, 0.15) is 38.5 Å². The molecule has 84 valence electrons. The van der Waals surface area contributed by atoms with Crippen LogP contribution < -0.4 is 5.32 Å². The summed E-state index contributed by atoms with van der Waals surface area (Å²) in [6, 6.07) is 0. The third-order valence-corrected chi connectivity index (χ3v) is 3.00. The second kappa shape index (κ2) is 7.21. The molecule has 0 heterocycles. The monoisotopic (exact) mass is 201 g/mol. The summed E-state index contributed by atoms with van der Waals surface area (Å²) >= 11 is 0. The molecule has 3 nitrogen and oxygen atoms in total. The molecular weight excluding hydrogens is 178 g/mol. The molecule has 0 bridgehead atoms. The van der Waals surface area contributed by atoms with Crippen molar-refractivity contribution in [2.45, 2.75) is 44.6 Å². The minimum absolute atomic E-state index is 0.141. The van der Waals surface area contributed by atoms with Gasteiger partial charge < -0.3 is 15.5 Å². The van der Waals surface area contributed by atoms with E-state index in [4.69, 9.17) is 10.2 Å². The van der Waals surface area contributed by atoms with Crippen LogP contribution in [0.4, 0.5) is 0 Å². The highest BCUT2D eigenvalue weighted by Gasteiger charge is 2.12. The number of aliphatic hydroxyl groups is 2. The molecule has 0 spiro atoms. The summed E-state index contributed by atoms with van der Waals surface area (Å²) in [4.78, 5) is 0. The van der Waals surface area contributed by atoms with Crippen LogP contribution in [-0.2, 0) is 0 Å². The van der Waals surface area contributed by atoms with Crippen molar-refractivity contribution in [2.75, 3.05) is 19.7 Å². The van der Waals surface area contributed by atoms with Gasteiger partial charge in [0.05, 0.1) is 12.7 Å². The topological polar surface area (TPSA) is 52.5 Å². The molecule has 0 aromatic heterocycles. The fourth-order valence-corrected chi connectivity index (χ4v) is 2.09. The lowest BCUT2D eigenvalue weighted by Crippen LogP contribution is -2.32. The Morgan fingerprint density at radius 2 is 1.79 bits per heavy atom. The summed E-state index contributed by atoms with van der Waals surface area (Å²) < 4.78 is 0. The zero-order valence-corrected chi connectivity index (χ0v) is 8.91. The quantitative estimate of drug-likeness (QED) is 0.579. The standard InChI is InChI=1S/C11H23NO2/c13-9-11(14)8-12-7-10-5-3-1-2-4-6-10/h10-14H,1-9H2. The Morgan fingerprint density at radius 3 is 2.36 bits per heavy atom.